The number of rotatable bonds is 4. The molecular formula is C19H17ClN2O3. The van der Waals surface area contributed by atoms with Crippen molar-refractivity contribution in [3.05, 3.63) is 75.2 Å². The van der Waals surface area contributed by atoms with Crippen molar-refractivity contribution < 1.29 is 9.53 Å². The van der Waals surface area contributed by atoms with Crippen molar-refractivity contribution in [1.82, 2.24) is 9.78 Å². The van der Waals surface area contributed by atoms with E-state index in [9.17, 15) is 9.59 Å². The van der Waals surface area contributed by atoms with Gasteiger partial charge in [0.2, 0.25) is 0 Å². The lowest BCUT2D eigenvalue weighted by atomic mass is 10.1. The van der Waals surface area contributed by atoms with Crippen LogP contribution in [0.25, 0.3) is 10.8 Å². The Labute approximate surface area is 149 Å². The van der Waals surface area contributed by atoms with Crippen LogP contribution in [0.2, 0.25) is 5.02 Å². The summed E-state index contributed by atoms with van der Waals surface area (Å²) in [5.41, 5.74) is 0.600. The Balaban J connectivity index is 2.00. The Bertz CT molecular complexity index is 995. The van der Waals surface area contributed by atoms with Crippen LogP contribution in [-0.4, -0.2) is 15.7 Å². The maximum atomic E-state index is 12.6. The van der Waals surface area contributed by atoms with Crippen LogP contribution in [0.4, 0.5) is 0 Å². The minimum atomic E-state index is -0.592. The van der Waals surface area contributed by atoms with E-state index in [4.69, 9.17) is 16.3 Å². The second-order valence-corrected chi connectivity index (χ2v) is 6.31. The average molecular weight is 357 g/mol. The van der Waals surface area contributed by atoms with Gasteiger partial charge < -0.3 is 4.74 Å². The molecule has 0 aliphatic carbocycles. The summed E-state index contributed by atoms with van der Waals surface area (Å²) in [7, 11) is 0. The highest BCUT2D eigenvalue weighted by Crippen LogP contribution is 2.19. The monoisotopic (exact) mass is 356 g/mol. The summed E-state index contributed by atoms with van der Waals surface area (Å²) in [4.78, 5) is 25.1. The Morgan fingerprint density at radius 3 is 2.44 bits per heavy atom. The van der Waals surface area contributed by atoms with E-state index in [1.165, 1.54) is 4.68 Å². The molecule has 0 atom stereocenters. The molecule has 3 rings (SSSR count). The predicted molar refractivity (Wildman–Crippen MR) is 97.0 cm³/mol. The van der Waals surface area contributed by atoms with E-state index in [0.29, 0.717) is 21.4 Å². The smallest absolute Gasteiger partial charge is 0.359 e. The molecule has 128 valence electrons. The van der Waals surface area contributed by atoms with Gasteiger partial charge in [0.1, 0.15) is 6.61 Å². The molecule has 0 saturated heterocycles. The van der Waals surface area contributed by atoms with Gasteiger partial charge in [-0.05, 0) is 26.0 Å². The largest absolute Gasteiger partial charge is 0.456 e. The number of carbonyl (C=O) groups is 1. The first-order valence-corrected chi connectivity index (χ1v) is 8.29. The average Bonchev–Trinajstić information content (AvgIpc) is 2.61. The molecule has 0 bridgehead atoms. The van der Waals surface area contributed by atoms with E-state index >= 15 is 0 Å². The van der Waals surface area contributed by atoms with Crippen LogP contribution < -0.4 is 5.56 Å². The standard InChI is InChI=1S/C19H17ClN2O3/c1-12(2)22-18(23)15-9-5-4-8-14(15)17(21-22)19(24)25-11-13-7-3-6-10-16(13)20/h3-10,12H,11H2,1-2H3. The number of ether oxygens (including phenoxy) is 1. The summed E-state index contributed by atoms with van der Waals surface area (Å²) in [5.74, 6) is -0.592. The van der Waals surface area contributed by atoms with E-state index in [1.807, 2.05) is 19.9 Å². The molecule has 1 aromatic heterocycles. The predicted octanol–water partition coefficient (Wildman–Crippen LogP) is 3.99. The highest BCUT2D eigenvalue weighted by Gasteiger charge is 2.19. The Hall–Kier alpha value is -2.66. The summed E-state index contributed by atoms with van der Waals surface area (Å²) < 4.78 is 6.68. The summed E-state index contributed by atoms with van der Waals surface area (Å²) in [6.45, 7) is 3.71. The van der Waals surface area contributed by atoms with Gasteiger partial charge >= 0.3 is 5.97 Å². The fraction of sp³-hybridized carbons (Fsp3) is 0.211. The van der Waals surface area contributed by atoms with Gasteiger partial charge in [0.05, 0.1) is 11.4 Å². The molecule has 0 aliphatic rings. The fourth-order valence-corrected chi connectivity index (χ4v) is 2.72. The van der Waals surface area contributed by atoms with Crippen molar-refractivity contribution in [1.29, 1.82) is 0 Å². The van der Waals surface area contributed by atoms with Crippen molar-refractivity contribution in [2.75, 3.05) is 0 Å². The zero-order chi connectivity index (χ0) is 18.0. The number of nitrogens with zero attached hydrogens (tertiary/aromatic N) is 2. The minimum Gasteiger partial charge on any atom is -0.456 e. The van der Waals surface area contributed by atoms with Gasteiger partial charge in [-0.2, -0.15) is 5.10 Å². The van der Waals surface area contributed by atoms with E-state index < -0.39 is 5.97 Å². The van der Waals surface area contributed by atoms with Crippen molar-refractivity contribution in [3.63, 3.8) is 0 Å². The minimum absolute atomic E-state index is 0.0370. The molecule has 0 spiro atoms. The van der Waals surface area contributed by atoms with Crippen molar-refractivity contribution in [2.45, 2.75) is 26.5 Å². The van der Waals surface area contributed by atoms with Crippen LogP contribution in [0.3, 0.4) is 0 Å². The summed E-state index contributed by atoms with van der Waals surface area (Å²) in [6, 6.07) is 13.9. The molecule has 0 N–H and O–H groups in total. The molecule has 0 aliphatic heterocycles. The zero-order valence-corrected chi connectivity index (χ0v) is 14.7. The van der Waals surface area contributed by atoms with Gasteiger partial charge in [-0.3, -0.25) is 4.79 Å². The molecule has 2 aromatic carbocycles. The first-order valence-electron chi connectivity index (χ1n) is 7.91. The van der Waals surface area contributed by atoms with Crippen molar-refractivity contribution in [2.24, 2.45) is 0 Å². The molecule has 0 saturated carbocycles. The number of aromatic nitrogens is 2. The number of halogens is 1. The Morgan fingerprint density at radius 2 is 1.76 bits per heavy atom. The van der Waals surface area contributed by atoms with Crippen LogP contribution in [0.5, 0.6) is 0 Å². The third-order valence-corrected chi connectivity index (χ3v) is 4.20. The number of hydrogen-bond donors (Lipinski definition) is 0. The van der Waals surface area contributed by atoms with Crippen molar-refractivity contribution in [3.8, 4) is 0 Å². The van der Waals surface area contributed by atoms with Crippen LogP contribution in [-0.2, 0) is 11.3 Å². The highest BCUT2D eigenvalue weighted by atomic mass is 35.5. The molecular weight excluding hydrogens is 340 g/mol. The van der Waals surface area contributed by atoms with E-state index in [2.05, 4.69) is 5.10 Å². The topological polar surface area (TPSA) is 61.2 Å². The first-order chi connectivity index (χ1) is 12.0. The molecule has 0 amide bonds. The van der Waals surface area contributed by atoms with Gasteiger partial charge in [0.15, 0.2) is 5.69 Å². The Morgan fingerprint density at radius 1 is 1.12 bits per heavy atom. The summed E-state index contributed by atoms with van der Waals surface area (Å²) >= 11 is 6.08. The first kappa shape index (κ1) is 17.2. The number of carbonyl (C=O) groups excluding carboxylic acids is 1. The normalized spacial score (nSPS) is 11.0. The summed E-state index contributed by atoms with van der Waals surface area (Å²) in [5, 5.41) is 5.68. The van der Waals surface area contributed by atoms with Gasteiger partial charge in [-0.25, -0.2) is 9.48 Å². The van der Waals surface area contributed by atoms with Crippen LogP contribution >= 0.6 is 11.6 Å². The van der Waals surface area contributed by atoms with Crippen LogP contribution in [0, 0.1) is 0 Å². The molecule has 5 nitrogen and oxygen atoms in total. The third-order valence-electron chi connectivity index (χ3n) is 3.83. The Kier molecular flexibility index (Phi) is 4.86. The van der Waals surface area contributed by atoms with Gasteiger partial charge in [0, 0.05) is 16.0 Å². The maximum Gasteiger partial charge on any atom is 0.359 e. The molecule has 1 heterocycles. The van der Waals surface area contributed by atoms with Crippen molar-refractivity contribution >= 4 is 28.3 Å². The quantitative estimate of drug-likeness (QED) is 0.663. The third kappa shape index (κ3) is 3.42. The van der Waals surface area contributed by atoms with E-state index in [-0.39, 0.29) is 23.9 Å². The highest BCUT2D eigenvalue weighted by molar-refractivity contribution is 6.31. The molecule has 0 fully saturated rings. The second kappa shape index (κ2) is 7.07. The number of esters is 1. The van der Waals surface area contributed by atoms with Gasteiger partial charge in [-0.15, -0.1) is 0 Å². The lowest BCUT2D eigenvalue weighted by molar-refractivity contribution is 0.0465. The summed E-state index contributed by atoms with van der Waals surface area (Å²) in [6.07, 6.45) is 0. The fourth-order valence-electron chi connectivity index (χ4n) is 2.53. The second-order valence-electron chi connectivity index (χ2n) is 5.91. The lowest BCUT2D eigenvalue weighted by Crippen LogP contribution is -2.27. The van der Waals surface area contributed by atoms with Gasteiger partial charge in [0.25, 0.3) is 5.56 Å². The molecule has 25 heavy (non-hydrogen) atoms. The number of fused-ring (bicyclic) bond motifs is 1. The zero-order valence-electron chi connectivity index (χ0n) is 13.9. The molecule has 3 aromatic rings. The van der Waals surface area contributed by atoms with Gasteiger partial charge in [-0.1, -0.05) is 48.0 Å². The maximum absolute atomic E-state index is 12.6. The molecule has 0 radical (unpaired) electrons. The van der Waals surface area contributed by atoms with E-state index in [0.717, 1.165) is 0 Å². The van der Waals surface area contributed by atoms with Crippen LogP contribution in [0.1, 0.15) is 35.9 Å². The molecule has 6 heteroatoms. The molecule has 0 unspecified atom stereocenters. The number of hydrogen-bond acceptors (Lipinski definition) is 4. The SMILES string of the molecule is CC(C)n1nc(C(=O)OCc2ccccc2Cl)c2ccccc2c1=O. The lowest BCUT2D eigenvalue weighted by Gasteiger charge is -2.13. The number of benzene rings is 2. The van der Waals surface area contributed by atoms with E-state index in [1.54, 1.807) is 42.5 Å². The van der Waals surface area contributed by atoms with Crippen LogP contribution in [0.15, 0.2) is 53.3 Å².